The second kappa shape index (κ2) is 5.42. The number of methoxy groups -OCH3 is 1. The van der Waals surface area contributed by atoms with Crippen molar-refractivity contribution >= 4 is 15.7 Å². The fourth-order valence-electron chi connectivity index (χ4n) is 1.76. The van der Waals surface area contributed by atoms with Crippen molar-refractivity contribution in [1.29, 1.82) is 0 Å². The molecule has 0 saturated heterocycles. The molecule has 0 aromatic heterocycles. The third-order valence-corrected chi connectivity index (χ3v) is 4.64. The molecule has 0 radical (unpaired) electrons. The molecular formula is C14H15NO4S. The van der Waals surface area contributed by atoms with E-state index >= 15 is 0 Å². The first kappa shape index (κ1) is 14.2. The van der Waals surface area contributed by atoms with Crippen LogP contribution >= 0.6 is 0 Å². The number of hydrogen-bond donors (Lipinski definition) is 1. The topological polar surface area (TPSA) is 66.8 Å². The molecule has 5 nitrogen and oxygen atoms in total. The van der Waals surface area contributed by atoms with Gasteiger partial charge in [-0.1, -0.05) is 18.2 Å². The molecule has 0 atom stereocenters. The normalized spacial score (nSPS) is 11.1. The fraction of sp³-hybridized carbons (Fsp3) is 0.143. The third-order valence-electron chi connectivity index (χ3n) is 2.88. The summed E-state index contributed by atoms with van der Waals surface area (Å²) < 4.78 is 31.2. The molecule has 0 amide bonds. The lowest BCUT2D eigenvalue weighted by atomic mass is 10.3. The van der Waals surface area contributed by atoms with Crippen LogP contribution in [-0.2, 0) is 10.0 Å². The zero-order valence-corrected chi connectivity index (χ0v) is 12.0. The number of benzene rings is 2. The van der Waals surface area contributed by atoms with E-state index < -0.39 is 10.0 Å². The van der Waals surface area contributed by atoms with Gasteiger partial charge in [0.2, 0.25) is 0 Å². The molecule has 0 unspecified atom stereocenters. The molecule has 6 heteroatoms. The molecule has 2 aromatic rings. The van der Waals surface area contributed by atoms with E-state index in [0.29, 0.717) is 5.69 Å². The number of anilines is 1. The van der Waals surface area contributed by atoms with E-state index in [1.54, 1.807) is 30.3 Å². The van der Waals surface area contributed by atoms with Crippen LogP contribution in [-0.4, -0.2) is 27.7 Å². The maximum atomic E-state index is 12.5. The lowest BCUT2D eigenvalue weighted by Crippen LogP contribution is -2.26. The van der Waals surface area contributed by atoms with Gasteiger partial charge in [0.05, 0.1) is 17.7 Å². The number of nitrogens with zero attached hydrogens (tertiary/aromatic N) is 1. The van der Waals surface area contributed by atoms with E-state index in [2.05, 4.69) is 0 Å². The predicted octanol–water partition coefficient (Wildman–Crippen LogP) is 2.23. The second-order valence-corrected chi connectivity index (χ2v) is 6.14. The van der Waals surface area contributed by atoms with Gasteiger partial charge in [0, 0.05) is 25.2 Å². The van der Waals surface area contributed by atoms with Crippen molar-refractivity contribution < 1.29 is 18.3 Å². The van der Waals surface area contributed by atoms with Gasteiger partial charge in [-0.3, -0.25) is 4.31 Å². The minimum atomic E-state index is -3.75. The first-order valence-electron chi connectivity index (χ1n) is 5.87. The van der Waals surface area contributed by atoms with Crippen LogP contribution in [0.5, 0.6) is 11.5 Å². The third kappa shape index (κ3) is 2.70. The highest BCUT2D eigenvalue weighted by Gasteiger charge is 2.22. The van der Waals surface area contributed by atoms with Crippen LogP contribution < -0.4 is 9.04 Å². The maximum Gasteiger partial charge on any atom is 0.264 e. The average molecular weight is 293 g/mol. The Morgan fingerprint density at radius 1 is 1.10 bits per heavy atom. The van der Waals surface area contributed by atoms with E-state index in [0.717, 1.165) is 4.31 Å². The molecule has 0 saturated carbocycles. The lowest BCUT2D eigenvalue weighted by Gasteiger charge is -2.19. The van der Waals surface area contributed by atoms with E-state index in [1.807, 2.05) is 0 Å². The van der Waals surface area contributed by atoms with Crippen LogP contribution in [0.25, 0.3) is 0 Å². The zero-order valence-electron chi connectivity index (χ0n) is 11.1. The predicted molar refractivity (Wildman–Crippen MR) is 76.7 cm³/mol. The summed E-state index contributed by atoms with van der Waals surface area (Å²) in [5.74, 6) is 0.120. The molecule has 0 aliphatic carbocycles. The molecule has 20 heavy (non-hydrogen) atoms. The Hall–Kier alpha value is -2.21. The number of aromatic hydroxyl groups is 1. The largest absolute Gasteiger partial charge is 0.508 e. The highest BCUT2D eigenvalue weighted by atomic mass is 32.2. The van der Waals surface area contributed by atoms with Crippen molar-refractivity contribution in [2.45, 2.75) is 4.90 Å². The summed E-state index contributed by atoms with van der Waals surface area (Å²) in [6.45, 7) is 0. The van der Waals surface area contributed by atoms with E-state index in [1.165, 1.54) is 32.4 Å². The van der Waals surface area contributed by atoms with Gasteiger partial charge in [-0.15, -0.1) is 0 Å². The van der Waals surface area contributed by atoms with Crippen molar-refractivity contribution in [1.82, 2.24) is 0 Å². The molecular weight excluding hydrogens is 278 g/mol. The summed E-state index contributed by atoms with van der Waals surface area (Å²) in [6, 6.07) is 12.6. The summed E-state index contributed by atoms with van der Waals surface area (Å²) >= 11 is 0. The minimum absolute atomic E-state index is 0.0271. The number of para-hydroxylation sites is 1. The zero-order chi connectivity index (χ0) is 14.8. The average Bonchev–Trinajstić information content (AvgIpc) is 2.46. The summed E-state index contributed by atoms with van der Waals surface area (Å²) in [6.07, 6.45) is 0. The van der Waals surface area contributed by atoms with E-state index in [9.17, 15) is 13.5 Å². The van der Waals surface area contributed by atoms with Gasteiger partial charge in [-0.2, -0.15) is 0 Å². The Balaban J connectivity index is 2.48. The molecule has 0 fully saturated rings. The van der Waals surface area contributed by atoms with E-state index in [4.69, 9.17) is 4.74 Å². The van der Waals surface area contributed by atoms with Crippen LogP contribution in [0.15, 0.2) is 53.4 Å². The molecule has 0 bridgehead atoms. The van der Waals surface area contributed by atoms with Crippen molar-refractivity contribution in [3.8, 4) is 11.5 Å². The van der Waals surface area contributed by atoms with Gasteiger partial charge in [-0.05, 0) is 12.1 Å². The van der Waals surface area contributed by atoms with Crippen LogP contribution in [0.1, 0.15) is 0 Å². The fourth-order valence-corrected chi connectivity index (χ4v) is 3.01. The van der Waals surface area contributed by atoms with Crippen LogP contribution in [0, 0.1) is 0 Å². The van der Waals surface area contributed by atoms with Gasteiger partial charge < -0.3 is 9.84 Å². The van der Waals surface area contributed by atoms with Crippen LogP contribution in [0.2, 0.25) is 0 Å². The number of phenols is 1. The van der Waals surface area contributed by atoms with Gasteiger partial charge in [0.15, 0.2) is 0 Å². The number of rotatable bonds is 4. The summed E-state index contributed by atoms with van der Waals surface area (Å²) in [7, 11) is -0.885. The van der Waals surface area contributed by atoms with Crippen molar-refractivity contribution in [3.63, 3.8) is 0 Å². The van der Waals surface area contributed by atoms with Crippen LogP contribution in [0.3, 0.4) is 0 Å². The first-order chi connectivity index (χ1) is 9.45. The van der Waals surface area contributed by atoms with Gasteiger partial charge in [-0.25, -0.2) is 8.42 Å². The smallest absolute Gasteiger partial charge is 0.264 e. The standard InChI is InChI=1S/C14H15NO4S/c1-15(11-6-4-3-5-7-11)20(17,18)14-9-12(16)8-13(10-14)19-2/h3-10,16H,1-2H3. The molecule has 0 spiro atoms. The molecule has 1 N–H and O–H groups in total. The SMILES string of the molecule is COc1cc(O)cc(S(=O)(=O)N(C)c2ccccc2)c1. The molecule has 0 aliphatic rings. The van der Waals surface area contributed by atoms with E-state index in [-0.39, 0.29) is 16.4 Å². The summed E-state index contributed by atoms with van der Waals surface area (Å²) in [5, 5.41) is 9.58. The van der Waals surface area contributed by atoms with Crippen molar-refractivity contribution in [3.05, 3.63) is 48.5 Å². The molecule has 2 aromatic carbocycles. The summed E-state index contributed by atoms with van der Waals surface area (Å²) in [4.78, 5) is -0.0271. The quantitative estimate of drug-likeness (QED) is 0.938. The number of hydrogen-bond acceptors (Lipinski definition) is 4. The molecule has 0 aliphatic heterocycles. The molecule has 2 rings (SSSR count). The Kier molecular flexibility index (Phi) is 3.85. The van der Waals surface area contributed by atoms with Crippen molar-refractivity contribution in [2.75, 3.05) is 18.5 Å². The Morgan fingerprint density at radius 2 is 1.75 bits per heavy atom. The Bertz CT molecular complexity index is 698. The molecule has 0 heterocycles. The number of ether oxygens (including phenoxy) is 1. The maximum absolute atomic E-state index is 12.5. The van der Waals surface area contributed by atoms with Gasteiger partial charge >= 0.3 is 0 Å². The number of sulfonamides is 1. The number of phenolic OH excluding ortho intramolecular Hbond substituents is 1. The Labute approximate surface area is 118 Å². The Morgan fingerprint density at radius 3 is 2.35 bits per heavy atom. The minimum Gasteiger partial charge on any atom is -0.508 e. The summed E-state index contributed by atoms with van der Waals surface area (Å²) in [5.41, 5.74) is 0.537. The highest BCUT2D eigenvalue weighted by molar-refractivity contribution is 7.92. The van der Waals surface area contributed by atoms with Crippen LogP contribution in [0.4, 0.5) is 5.69 Å². The van der Waals surface area contributed by atoms with Gasteiger partial charge in [0.25, 0.3) is 10.0 Å². The van der Waals surface area contributed by atoms with Crippen molar-refractivity contribution in [2.24, 2.45) is 0 Å². The highest BCUT2D eigenvalue weighted by Crippen LogP contribution is 2.28. The molecule has 106 valence electrons. The monoisotopic (exact) mass is 293 g/mol. The lowest BCUT2D eigenvalue weighted by molar-refractivity contribution is 0.405. The second-order valence-electron chi connectivity index (χ2n) is 4.17. The first-order valence-corrected chi connectivity index (χ1v) is 7.31. The van der Waals surface area contributed by atoms with Gasteiger partial charge in [0.1, 0.15) is 11.5 Å².